The quantitative estimate of drug-likeness (QED) is 0.773. The Morgan fingerprint density at radius 2 is 2.14 bits per heavy atom. The SMILES string of the molecule is CCC(C)C(N)C(=O)NCc1ccccc1OCC1CC1. The van der Waals surface area contributed by atoms with E-state index in [0.29, 0.717) is 12.5 Å². The third-order valence-electron chi connectivity index (χ3n) is 4.16. The molecule has 21 heavy (non-hydrogen) atoms. The van der Waals surface area contributed by atoms with Crippen molar-refractivity contribution in [2.75, 3.05) is 6.61 Å². The van der Waals surface area contributed by atoms with Crippen molar-refractivity contribution in [3.8, 4) is 5.75 Å². The van der Waals surface area contributed by atoms with Gasteiger partial charge in [0.15, 0.2) is 0 Å². The van der Waals surface area contributed by atoms with Gasteiger partial charge >= 0.3 is 0 Å². The topological polar surface area (TPSA) is 64.4 Å². The van der Waals surface area contributed by atoms with Crippen molar-refractivity contribution in [2.45, 2.75) is 45.7 Å². The zero-order valence-corrected chi connectivity index (χ0v) is 13.0. The molecule has 4 heteroatoms. The summed E-state index contributed by atoms with van der Waals surface area (Å²) in [7, 11) is 0. The fraction of sp³-hybridized carbons (Fsp3) is 0.588. The van der Waals surface area contributed by atoms with Gasteiger partial charge in [-0.05, 0) is 30.7 Å². The monoisotopic (exact) mass is 290 g/mol. The lowest BCUT2D eigenvalue weighted by Crippen LogP contribution is -2.44. The maximum absolute atomic E-state index is 12.0. The van der Waals surface area contributed by atoms with E-state index in [1.165, 1.54) is 12.8 Å². The molecule has 1 amide bonds. The van der Waals surface area contributed by atoms with E-state index in [9.17, 15) is 4.79 Å². The summed E-state index contributed by atoms with van der Waals surface area (Å²) in [6.07, 6.45) is 3.43. The zero-order valence-electron chi connectivity index (χ0n) is 13.0. The molecule has 1 saturated carbocycles. The minimum atomic E-state index is -0.449. The first kappa shape index (κ1) is 15.8. The molecule has 0 aromatic heterocycles. The van der Waals surface area contributed by atoms with Crippen LogP contribution in [0.1, 0.15) is 38.7 Å². The van der Waals surface area contributed by atoms with Crippen LogP contribution >= 0.6 is 0 Å². The standard InChI is InChI=1S/C17H26N2O2/c1-3-12(2)16(18)17(20)19-10-14-6-4-5-7-15(14)21-11-13-8-9-13/h4-7,12-13,16H,3,8-11,18H2,1-2H3,(H,19,20). The van der Waals surface area contributed by atoms with Crippen LogP contribution in [0.2, 0.25) is 0 Å². The van der Waals surface area contributed by atoms with Gasteiger partial charge in [-0.3, -0.25) is 4.79 Å². The second-order valence-corrected chi connectivity index (χ2v) is 5.99. The first-order chi connectivity index (χ1) is 10.1. The van der Waals surface area contributed by atoms with Gasteiger partial charge in [0.1, 0.15) is 5.75 Å². The third kappa shape index (κ3) is 4.74. The normalized spacial score (nSPS) is 17.1. The predicted molar refractivity (Wildman–Crippen MR) is 83.9 cm³/mol. The molecule has 0 saturated heterocycles. The van der Waals surface area contributed by atoms with Crippen molar-refractivity contribution in [1.29, 1.82) is 0 Å². The van der Waals surface area contributed by atoms with E-state index in [4.69, 9.17) is 10.5 Å². The maximum Gasteiger partial charge on any atom is 0.237 e. The molecule has 4 nitrogen and oxygen atoms in total. The molecule has 2 unspecified atom stereocenters. The van der Waals surface area contributed by atoms with Crippen LogP contribution in [-0.2, 0) is 11.3 Å². The Hall–Kier alpha value is -1.55. The zero-order chi connectivity index (χ0) is 15.2. The highest BCUT2D eigenvalue weighted by molar-refractivity contribution is 5.81. The van der Waals surface area contributed by atoms with Crippen LogP contribution < -0.4 is 15.8 Å². The van der Waals surface area contributed by atoms with E-state index in [0.717, 1.165) is 24.3 Å². The Morgan fingerprint density at radius 1 is 1.43 bits per heavy atom. The van der Waals surface area contributed by atoms with Gasteiger partial charge in [0.05, 0.1) is 12.6 Å². The lowest BCUT2D eigenvalue weighted by molar-refractivity contribution is -0.123. The average molecular weight is 290 g/mol. The lowest BCUT2D eigenvalue weighted by Gasteiger charge is -2.18. The second kappa shape index (κ2) is 7.46. The maximum atomic E-state index is 12.0. The largest absolute Gasteiger partial charge is 0.493 e. The van der Waals surface area contributed by atoms with Crippen LogP contribution in [0.4, 0.5) is 0 Å². The first-order valence-electron chi connectivity index (χ1n) is 7.85. The van der Waals surface area contributed by atoms with Crippen molar-refractivity contribution in [1.82, 2.24) is 5.32 Å². The minimum Gasteiger partial charge on any atom is -0.493 e. The Balaban J connectivity index is 1.88. The van der Waals surface area contributed by atoms with Crippen LogP contribution in [0.15, 0.2) is 24.3 Å². The number of benzene rings is 1. The molecule has 1 aromatic rings. The Bertz CT molecular complexity index is 472. The van der Waals surface area contributed by atoms with Gasteiger partial charge < -0.3 is 15.8 Å². The number of carbonyl (C=O) groups is 1. The summed E-state index contributed by atoms with van der Waals surface area (Å²) in [4.78, 5) is 12.0. The molecule has 1 fully saturated rings. The summed E-state index contributed by atoms with van der Waals surface area (Å²) in [5.74, 6) is 1.67. The summed E-state index contributed by atoms with van der Waals surface area (Å²) < 4.78 is 5.84. The number of hydrogen-bond acceptors (Lipinski definition) is 3. The summed E-state index contributed by atoms with van der Waals surface area (Å²) in [5.41, 5.74) is 6.94. The number of amides is 1. The summed E-state index contributed by atoms with van der Waals surface area (Å²) in [5, 5.41) is 2.91. The molecular weight excluding hydrogens is 264 g/mol. The number of carbonyl (C=O) groups excluding carboxylic acids is 1. The van der Waals surface area contributed by atoms with E-state index < -0.39 is 6.04 Å². The second-order valence-electron chi connectivity index (χ2n) is 5.99. The van der Waals surface area contributed by atoms with Crippen molar-refractivity contribution in [3.63, 3.8) is 0 Å². The number of para-hydroxylation sites is 1. The van der Waals surface area contributed by atoms with Crippen LogP contribution in [-0.4, -0.2) is 18.6 Å². The highest BCUT2D eigenvalue weighted by Crippen LogP contribution is 2.30. The highest BCUT2D eigenvalue weighted by atomic mass is 16.5. The molecule has 0 heterocycles. The molecule has 3 N–H and O–H groups in total. The van der Waals surface area contributed by atoms with Gasteiger partial charge in [0.2, 0.25) is 5.91 Å². The van der Waals surface area contributed by atoms with Gasteiger partial charge in [-0.1, -0.05) is 38.5 Å². The fourth-order valence-electron chi connectivity index (χ4n) is 2.10. The lowest BCUT2D eigenvalue weighted by atomic mass is 9.99. The first-order valence-corrected chi connectivity index (χ1v) is 7.85. The van der Waals surface area contributed by atoms with Gasteiger partial charge in [-0.25, -0.2) is 0 Å². The molecule has 2 atom stereocenters. The van der Waals surface area contributed by atoms with Crippen molar-refractivity contribution in [3.05, 3.63) is 29.8 Å². The fourth-order valence-corrected chi connectivity index (χ4v) is 2.10. The third-order valence-corrected chi connectivity index (χ3v) is 4.16. The van der Waals surface area contributed by atoms with E-state index >= 15 is 0 Å². The summed E-state index contributed by atoms with van der Waals surface area (Å²) in [6, 6.07) is 7.41. The molecular formula is C17H26N2O2. The number of hydrogen-bond donors (Lipinski definition) is 2. The molecule has 1 aromatic carbocycles. The van der Waals surface area contributed by atoms with E-state index in [2.05, 4.69) is 5.32 Å². The van der Waals surface area contributed by atoms with E-state index in [1.54, 1.807) is 0 Å². The number of nitrogens with two attached hydrogens (primary N) is 1. The Labute approximate surface area is 127 Å². The van der Waals surface area contributed by atoms with E-state index in [-0.39, 0.29) is 11.8 Å². The molecule has 0 spiro atoms. The Morgan fingerprint density at radius 3 is 2.81 bits per heavy atom. The summed E-state index contributed by atoms with van der Waals surface area (Å²) in [6.45, 7) is 5.27. The van der Waals surface area contributed by atoms with Crippen LogP contribution in [0, 0.1) is 11.8 Å². The van der Waals surface area contributed by atoms with Crippen LogP contribution in [0.25, 0.3) is 0 Å². The number of nitrogens with one attached hydrogen (secondary N) is 1. The van der Waals surface area contributed by atoms with Crippen molar-refractivity contribution in [2.24, 2.45) is 17.6 Å². The van der Waals surface area contributed by atoms with Gasteiger partial charge in [0, 0.05) is 12.1 Å². The van der Waals surface area contributed by atoms with Crippen molar-refractivity contribution < 1.29 is 9.53 Å². The molecule has 1 aliphatic rings. The molecule has 0 radical (unpaired) electrons. The van der Waals surface area contributed by atoms with Gasteiger partial charge in [-0.15, -0.1) is 0 Å². The van der Waals surface area contributed by atoms with Crippen LogP contribution in [0.3, 0.4) is 0 Å². The molecule has 116 valence electrons. The van der Waals surface area contributed by atoms with Crippen molar-refractivity contribution >= 4 is 5.91 Å². The number of rotatable bonds is 8. The van der Waals surface area contributed by atoms with Gasteiger partial charge in [-0.2, -0.15) is 0 Å². The number of ether oxygens (including phenoxy) is 1. The predicted octanol–water partition coefficient (Wildman–Crippen LogP) is 2.46. The summed E-state index contributed by atoms with van der Waals surface area (Å²) >= 11 is 0. The average Bonchev–Trinajstić information content (AvgIpc) is 3.34. The molecule has 0 bridgehead atoms. The minimum absolute atomic E-state index is 0.0960. The molecule has 0 aliphatic heterocycles. The van der Waals surface area contributed by atoms with Crippen LogP contribution in [0.5, 0.6) is 5.75 Å². The van der Waals surface area contributed by atoms with Gasteiger partial charge in [0.25, 0.3) is 0 Å². The molecule has 2 rings (SSSR count). The Kier molecular flexibility index (Phi) is 5.62. The van der Waals surface area contributed by atoms with E-state index in [1.807, 2.05) is 38.1 Å². The molecule has 1 aliphatic carbocycles. The smallest absolute Gasteiger partial charge is 0.237 e. The highest BCUT2D eigenvalue weighted by Gasteiger charge is 2.22.